The van der Waals surface area contributed by atoms with E-state index in [-0.39, 0.29) is 12.4 Å². The van der Waals surface area contributed by atoms with Gasteiger partial charge in [-0.3, -0.25) is 4.79 Å². The number of ether oxygens (including phenoxy) is 1. The standard InChI is InChI=1S/C9H13NO3S/c1-6-2-3-7(13-6)4-12-9(11)8(10)5-14/h2-3,8,14H,4-5,10H2,1H3. The Labute approximate surface area is 87.8 Å². The lowest BCUT2D eigenvalue weighted by Crippen LogP contribution is -2.33. The van der Waals surface area contributed by atoms with Gasteiger partial charge in [-0.2, -0.15) is 12.6 Å². The minimum atomic E-state index is -0.672. The topological polar surface area (TPSA) is 65.5 Å². The fraction of sp³-hybridized carbons (Fsp3) is 0.444. The SMILES string of the molecule is Cc1ccc(COC(=O)C(N)CS)o1. The van der Waals surface area contributed by atoms with Crippen LogP contribution in [0.5, 0.6) is 0 Å². The van der Waals surface area contributed by atoms with Crippen molar-refractivity contribution in [1.82, 2.24) is 0 Å². The number of esters is 1. The van der Waals surface area contributed by atoms with Crippen LogP contribution in [0.3, 0.4) is 0 Å². The molecule has 0 radical (unpaired) electrons. The van der Waals surface area contributed by atoms with E-state index in [4.69, 9.17) is 14.9 Å². The Balaban J connectivity index is 2.37. The monoisotopic (exact) mass is 215 g/mol. The molecule has 0 bridgehead atoms. The third-order valence-corrected chi connectivity index (χ3v) is 2.05. The van der Waals surface area contributed by atoms with Gasteiger partial charge in [0.15, 0.2) is 0 Å². The summed E-state index contributed by atoms with van der Waals surface area (Å²) in [5, 5.41) is 0. The van der Waals surface area contributed by atoms with Crippen molar-refractivity contribution in [2.75, 3.05) is 5.75 Å². The van der Waals surface area contributed by atoms with Gasteiger partial charge in [-0.1, -0.05) is 0 Å². The average Bonchev–Trinajstić information content (AvgIpc) is 2.59. The van der Waals surface area contributed by atoms with Gasteiger partial charge in [-0.25, -0.2) is 0 Å². The second-order valence-electron chi connectivity index (χ2n) is 2.91. The highest BCUT2D eigenvalue weighted by atomic mass is 32.1. The molecule has 0 fully saturated rings. The summed E-state index contributed by atoms with van der Waals surface area (Å²) in [5.74, 6) is 1.21. The predicted octanol–water partition coefficient (Wildman–Crippen LogP) is 0.888. The molecule has 0 spiro atoms. The fourth-order valence-electron chi connectivity index (χ4n) is 0.887. The van der Waals surface area contributed by atoms with Gasteiger partial charge in [0.1, 0.15) is 24.2 Å². The molecule has 1 aromatic rings. The van der Waals surface area contributed by atoms with E-state index < -0.39 is 12.0 Å². The van der Waals surface area contributed by atoms with E-state index >= 15 is 0 Å². The summed E-state index contributed by atoms with van der Waals surface area (Å²) in [4.78, 5) is 11.1. The van der Waals surface area contributed by atoms with Crippen LogP contribution >= 0.6 is 12.6 Å². The van der Waals surface area contributed by atoms with E-state index in [1.165, 1.54) is 0 Å². The molecule has 0 aliphatic carbocycles. The number of carbonyl (C=O) groups excluding carboxylic acids is 1. The van der Waals surface area contributed by atoms with Crippen LogP contribution in [0.15, 0.2) is 16.5 Å². The lowest BCUT2D eigenvalue weighted by molar-refractivity contribution is -0.146. The lowest BCUT2D eigenvalue weighted by atomic mass is 10.4. The van der Waals surface area contributed by atoms with E-state index in [2.05, 4.69) is 12.6 Å². The first kappa shape index (κ1) is 11.1. The largest absolute Gasteiger partial charge is 0.463 e. The van der Waals surface area contributed by atoms with Crippen molar-refractivity contribution in [3.05, 3.63) is 23.7 Å². The molecule has 0 saturated heterocycles. The zero-order valence-electron chi connectivity index (χ0n) is 7.90. The Bertz CT molecular complexity index is 311. The first-order valence-corrected chi connectivity index (χ1v) is 4.85. The molecule has 5 heteroatoms. The number of hydrogen-bond acceptors (Lipinski definition) is 5. The highest BCUT2D eigenvalue weighted by molar-refractivity contribution is 7.80. The van der Waals surface area contributed by atoms with Gasteiger partial charge in [0.05, 0.1) is 0 Å². The normalized spacial score (nSPS) is 12.5. The first-order valence-electron chi connectivity index (χ1n) is 4.22. The van der Waals surface area contributed by atoms with E-state index in [0.717, 1.165) is 5.76 Å². The van der Waals surface area contributed by atoms with Crippen LogP contribution in [0, 0.1) is 6.92 Å². The molecule has 1 aromatic heterocycles. The number of rotatable bonds is 4. The molecule has 4 nitrogen and oxygen atoms in total. The molecule has 0 aliphatic rings. The van der Waals surface area contributed by atoms with Gasteiger partial charge >= 0.3 is 5.97 Å². The maximum Gasteiger partial charge on any atom is 0.324 e. The molecule has 0 saturated carbocycles. The van der Waals surface area contributed by atoms with E-state index in [9.17, 15) is 4.79 Å². The van der Waals surface area contributed by atoms with Gasteiger partial charge in [0.2, 0.25) is 0 Å². The smallest absolute Gasteiger partial charge is 0.324 e. The van der Waals surface area contributed by atoms with Gasteiger partial charge in [0, 0.05) is 5.75 Å². The second kappa shape index (κ2) is 5.07. The quantitative estimate of drug-likeness (QED) is 0.578. The molecular formula is C9H13NO3S. The van der Waals surface area contributed by atoms with E-state index in [0.29, 0.717) is 5.76 Å². The number of nitrogens with two attached hydrogens (primary N) is 1. The van der Waals surface area contributed by atoms with Crippen LogP contribution in [-0.2, 0) is 16.1 Å². The predicted molar refractivity (Wildman–Crippen MR) is 55.1 cm³/mol. The molecule has 14 heavy (non-hydrogen) atoms. The number of carbonyl (C=O) groups is 1. The van der Waals surface area contributed by atoms with E-state index in [1.807, 2.05) is 13.0 Å². The fourth-order valence-corrected chi connectivity index (χ4v) is 1.04. The third-order valence-electron chi connectivity index (χ3n) is 1.65. The van der Waals surface area contributed by atoms with Crippen molar-refractivity contribution in [3.63, 3.8) is 0 Å². The average molecular weight is 215 g/mol. The van der Waals surface area contributed by atoms with Crippen molar-refractivity contribution >= 4 is 18.6 Å². The van der Waals surface area contributed by atoms with E-state index in [1.54, 1.807) is 6.07 Å². The Kier molecular flexibility index (Phi) is 4.03. The number of aryl methyl sites for hydroxylation is 1. The summed E-state index contributed by atoms with van der Waals surface area (Å²) < 4.78 is 10.1. The molecule has 1 atom stereocenters. The van der Waals surface area contributed by atoms with Crippen molar-refractivity contribution in [3.8, 4) is 0 Å². The zero-order chi connectivity index (χ0) is 10.6. The van der Waals surface area contributed by atoms with Crippen LogP contribution in [0.1, 0.15) is 11.5 Å². The van der Waals surface area contributed by atoms with Gasteiger partial charge in [-0.05, 0) is 19.1 Å². The Morgan fingerprint density at radius 1 is 1.71 bits per heavy atom. The minimum absolute atomic E-state index is 0.119. The maximum absolute atomic E-state index is 11.1. The second-order valence-corrected chi connectivity index (χ2v) is 3.27. The van der Waals surface area contributed by atoms with Crippen LogP contribution in [-0.4, -0.2) is 17.8 Å². The summed E-state index contributed by atoms with van der Waals surface area (Å²) >= 11 is 3.89. The summed E-state index contributed by atoms with van der Waals surface area (Å²) in [5.41, 5.74) is 5.40. The molecule has 1 unspecified atom stereocenters. The van der Waals surface area contributed by atoms with Crippen molar-refractivity contribution in [2.24, 2.45) is 5.73 Å². The van der Waals surface area contributed by atoms with Crippen LogP contribution in [0.25, 0.3) is 0 Å². The van der Waals surface area contributed by atoms with Gasteiger partial charge in [-0.15, -0.1) is 0 Å². The molecular weight excluding hydrogens is 202 g/mol. The molecule has 0 amide bonds. The molecule has 2 N–H and O–H groups in total. The Morgan fingerprint density at radius 3 is 2.93 bits per heavy atom. The maximum atomic E-state index is 11.1. The van der Waals surface area contributed by atoms with Crippen LogP contribution in [0.4, 0.5) is 0 Å². The minimum Gasteiger partial charge on any atom is -0.463 e. The number of hydrogen-bond donors (Lipinski definition) is 2. The molecule has 0 aliphatic heterocycles. The molecule has 78 valence electrons. The zero-order valence-corrected chi connectivity index (χ0v) is 8.79. The van der Waals surface area contributed by atoms with Gasteiger partial charge in [0.25, 0.3) is 0 Å². The van der Waals surface area contributed by atoms with Crippen molar-refractivity contribution in [1.29, 1.82) is 0 Å². The summed E-state index contributed by atoms with van der Waals surface area (Å²) in [6.45, 7) is 1.94. The highest BCUT2D eigenvalue weighted by Crippen LogP contribution is 2.07. The number of furan rings is 1. The van der Waals surface area contributed by atoms with Crippen molar-refractivity contribution < 1.29 is 13.9 Å². The van der Waals surface area contributed by atoms with Crippen molar-refractivity contribution in [2.45, 2.75) is 19.6 Å². The number of thiol groups is 1. The lowest BCUT2D eigenvalue weighted by Gasteiger charge is -2.07. The Hall–Kier alpha value is -0.940. The highest BCUT2D eigenvalue weighted by Gasteiger charge is 2.13. The summed E-state index contributed by atoms with van der Waals surface area (Å²) in [7, 11) is 0. The Morgan fingerprint density at radius 2 is 2.43 bits per heavy atom. The first-order chi connectivity index (χ1) is 6.63. The summed E-state index contributed by atoms with van der Waals surface area (Å²) in [6, 6.07) is 2.89. The van der Waals surface area contributed by atoms with Crippen LogP contribution < -0.4 is 5.73 Å². The summed E-state index contributed by atoms with van der Waals surface area (Å²) in [6.07, 6.45) is 0. The van der Waals surface area contributed by atoms with Gasteiger partial charge < -0.3 is 14.9 Å². The molecule has 1 heterocycles. The third kappa shape index (κ3) is 3.08. The van der Waals surface area contributed by atoms with Crippen LogP contribution in [0.2, 0.25) is 0 Å². The molecule has 0 aromatic carbocycles. The molecule has 1 rings (SSSR count).